The third kappa shape index (κ3) is 4.40. The van der Waals surface area contributed by atoms with Gasteiger partial charge in [-0.1, -0.05) is 13.0 Å². The third-order valence-electron chi connectivity index (χ3n) is 6.23. The molecule has 0 saturated carbocycles. The predicted octanol–water partition coefficient (Wildman–Crippen LogP) is 5.52. The number of aromatic hydroxyl groups is 1. The van der Waals surface area contributed by atoms with Gasteiger partial charge >= 0.3 is 0 Å². The number of hydrogen-bond acceptors (Lipinski definition) is 7. The molecule has 0 radical (unpaired) electrons. The number of anilines is 2. The summed E-state index contributed by atoms with van der Waals surface area (Å²) < 4.78 is 5.82. The molecular formula is C26H24N4O5. The van der Waals surface area contributed by atoms with Gasteiger partial charge in [0, 0.05) is 30.4 Å². The molecule has 0 spiro atoms. The molecule has 178 valence electrons. The summed E-state index contributed by atoms with van der Waals surface area (Å²) in [6.07, 6.45) is 2.84. The van der Waals surface area contributed by atoms with E-state index in [0.29, 0.717) is 28.0 Å². The topological polar surface area (TPSA) is 122 Å². The first-order chi connectivity index (χ1) is 16.9. The van der Waals surface area contributed by atoms with Gasteiger partial charge in [-0.3, -0.25) is 14.9 Å². The van der Waals surface area contributed by atoms with Crippen LogP contribution in [0.15, 0.2) is 59.0 Å². The number of hydrogen-bond donors (Lipinski definition) is 2. The monoisotopic (exact) mass is 472 g/mol. The van der Waals surface area contributed by atoms with Crippen LogP contribution >= 0.6 is 0 Å². The zero-order valence-corrected chi connectivity index (χ0v) is 19.2. The van der Waals surface area contributed by atoms with Crippen LogP contribution < -0.4 is 10.2 Å². The number of benzene rings is 3. The largest absolute Gasteiger partial charge is 0.507 e. The maximum absolute atomic E-state index is 12.9. The average molecular weight is 473 g/mol. The van der Waals surface area contributed by atoms with Crippen molar-refractivity contribution < 1.29 is 19.2 Å². The lowest BCUT2D eigenvalue weighted by atomic mass is 10.1. The van der Waals surface area contributed by atoms with E-state index in [9.17, 15) is 20.0 Å². The zero-order valence-electron chi connectivity index (χ0n) is 19.2. The van der Waals surface area contributed by atoms with Gasteiger partial charge in [0.05, 0.1) is 10.5 Å². The zero-order chi connectivity index (χ0) is 24.5. The van der Waals surface area contributed by atoms with E-state index < -0.39 is 10.8 Å². The van der Waals surface area contributed by atoms with Crippen LogP contribution in [0.3, 0.4) is 0 Å². The highest BCUT2D eigenvalue weighted by atomic mass is 16.6. The number of oxazole rings is 1. The molecule has 9 nitrogen and oxygen atoms in total. The number of carbonyl (C=O) groups excluding carboxylic acids is 1. The van der Waals surface area contributed by atoms with Crippen molar-refractivity contribution in [1.29, 1.82) is 0 Å². The van der Waals surface area contributed by atoms with Gasteiger partial charge in [-0.15, -0.1) is 0 Å². The highest BCUT2D eigenvalue weighted by Gasteiger charge is 2.24. The van der Waals surface area contributed by atoms with Gasteiger partial charge in [-0.25, -0.2) is 4.98 Å². The van der Waals surface area contributed by atoms with Crippen molar-refractivity contribution in [3.05, 3.63) is 75.8 Å². The Hall–Kier alpha value is -4.40. The predicted molar refractivity (Wildman–Crippen MR) is 133 cm³/mol. The average Bonchev–Trinajstić information content (AvgIpc) is 3.54. The second-order valence-electron chi connectivity index (χ2n) is 8.52. The fourth-order valence-corrected chi connectivity index (χ4v) is 4.33. The van der Waals surface area contributed by atoms with E-state index in [1.165, 1.54) is 12.1 Å². The van der Waals surface area contributed by atoms with E-state index in [1.54, 1.807) is 24.3 Å². The van der Waals surface area contributed by atoms with Crippen molar-refractivity contribution in [2.75, 3.05) is 23.3 Å². The van der Waals surface area contributed by atoms with Crippen molar-refractivity contribution in [3.8, 4) is 17.2 Å². The van der Waals surface area contributed by atoms with Crippen LogP contribution in [0.5, 0.6) is 5.75 Å². The lowest BCUT2D eigenvalue weighted by molar-refractivity contribution is -0.384. The lowest BCUT2D eigenvalue weighted by Gasteiger charge is -2.17. The van der Waals surface area contributed by atoms with Crippen LogP contribution in [-0.2, 0) is 6.42 Å². The Morgan fingerprint density at radius 1 is 1.14 bits per heavy atom. The maximum atomic E-state index is 12.9. The Morgan fingerprint density at radius 2 is 1.94 bits per heavy atom. The minimum Gasteiger partial charge on any atom is -0.507 e. The van der Waals surface area contributed by atoms with Crippen molar-refractivity contribution in [2.24, 2.45) is 0 Å². The van der Waals surface area contributed by atoms with Crippen molar-refractivity contribution in [2.45, 2.75) is 26.2 Å². The number of aromatic nitrogens is 1. The van der Waals surface area contributed by atoms with E-state index in [4.69, 9.17) is 4.42 Å². The minimum absolute atomic E-state index is 0.0455. The number of rotatable bonds is 6. The quantitative estimate of drug-likeness (QED) is 0.215. The number of carbonyl (C=O) groups is 1. The number of nitrogens with one attached hydrogen (secondary N) is 1. The maximum Gasteiger partial charge on any atom is 0.293 e. The second-order valence-corrected chi connectivity index (χ2v) is 8.52. The third-order valence-corrected chi connectivity index (χ3v) is 6.23. The molecule has 1 fully saturated rings. The van der Waals surface area contributed by atoms with E-state index in [2.05, 4.69) is 17.2 Å². The van der Waals surface area contributed by atoms with Gasteiger partial charge in [0.25, 0.3) is 11.6 Å². The van der Waals surface area contributed by atoms with Gasteiger partial charge < -0.3 is 19.7 Å². The van der Waals surface area contributed by atoms with Crippen LogP contribution in [0, 0.1) is 10.1 Å². The van der Waals surface area contributed by atoms with Crippen LogP contribution in [0.4, 0.5) is 17.1 Å². The molecule has 1 aromatic heterocycles. The molecule has 1 amide bonds. The number of amides is 1. The van der Waals surface area contributed by atoms with Crippen molar-refractivity contribution in [3.63, 3.8) is 0 Å². The summed E-state index contributed by atoms with van der Waals surface area (Å²) in [5, 5.41) is 24.8. The molecule has 1 aliphatic rings. The molecule has 2 N–H and O–H groups in total. The van der Waals surface area contributed by atoms with Gasteiger partial charge in [0.2, 0.25) is 5.89 Å². The standard InChI is InChI=1S/C26H24N4O5/c1-2-16-5-10-24-20(13-16)28-26(35-24)19-15-18(7-9-23(19)31)27-25(32)17-6-8-21(22(14-17)30(33)34)29-11-3-4-12-29/h5-10,13-15,31H,2-4,11-12H2,1H3,(H,27,32). The first-order valence-electron chi connectivity index (χ1n) is 11.5. The molecule has 2 heterocycles. The van der Waals surface area contributed by atoms with Crippen molar-refractivity contribution >= 4 is 34.1 Å². The molecule has 5 rings (SSSR count). The number of phenolic OH excluding ortho intramolecular Hbond substituents is 1. The Balaban J connectivity index is 1.42. The highest BCUT2D eigenvalue weighted by molar-refractivity contribution is 6.05. The van der Waals surface area contributed by atoms with E-state index in [0.717, 1.165) is 37.9 Å². The summed E-state index contributed by atoms with van der Waals surface area (Å²) in [4.78, 5) is 30.6. The van der Waals surface area contributed by atoms with Gasteiger partial charge in [0.15, 0.2) is 5.58 Å². The Kier molecular flexibility index (Phi) is 5.82. The Morgan fingerprint density at radius 3 is 2.69 bits per heavy atom. The summed E-state index contributed by atoms with van der Waals surface area (Å²) in [6, 6.07) is 14.8. The lowest BCUT2D eigenvalue weighted by Crippen LogP contribution is -2.19. The highest BCUT2D eigenvalue weighted by Crippen LogP contribution is 2.35. The number of nitro groups is 1. The number of aryl methyl sites for hydroxylation is 1. The fraction of sp³-hybridized carbons (Fsp3) is 0.231. The number of fused-ring (bicyclic) bond motifs is 1. The molecule has 1 saturated heterocycles. The molecule has 9 heteroatoms. The summed E-state index contributed by atoms with van der Waals surface area (Å²) in [5.74, 6) is -0.314. The Bertz CT molecular complexity index is 1440. The molecule has 0 atom stereocenters. The van der Waals surface area contributed by atoms with Gasteiger partial charge in [0.1, 0.15) is 17.0 Å². The number of nitrogens with zero attached hydrogens (tertiary/aromatic N) is 3. The molecular weight excluding hydrogens is 448 g/mol. The van der Waals surface area contributed by atoms with Gasteiger partial charge in [-0.05, 0) is 67.3 Å². The molecule has 1 aliphatic heterocycles. The fourth-order valence-electron chi connectivity index (χ4n) is 4.33. The molecule has 35 heavy (non-hydrogen) atoms. The second kappa shape index (κ2) is 9.09. The number of phenols is 1. The Labute approximate surface area is 201 Å². The first kappa shape index (κ1) is 22.4. The van der Waals surface area contributed by atoms with E-state index in [-0.39, 0.29) is 22.9 Å². The molecule has 0 bridgehead atoms. The molecule has 0 unspecified atom stereocenters. The SMILES string of the molecule is CCc1ccc2oc(-c3cc(NC(=O)c4ccc(N5CCCC5)c([N+](=O)[O-])c4)ccc3O)nc2c1. The van der Waals surface area contributed by atoms with E-state index in [1.807, 2.05) is 23.1 Å². The number of nitro benzene ring substituents is 1. The van der Waals surface area contributed by atoms with Crippen molar-refractivity contribution in [1.82, 2.24) is 4.98 Å². The minimum atomic E-state index is -0.497. The van der Waals surface area contributed by atoms with Gasteiger partial charge in [-0.2, -0.15) is 0 Å². The summed E-state index contributed by atoms with van der Waals surface area (Å²) in [5.41, 5.74) is 3.71. The van der Waals surface area contributed by atoms with Crippen LogP contribution in [0.2, 0.25) is 0 Å². The summed E-state index contributed by atoms with van der Waals surface area (Å²) >= 11 is 0. The van der Waals surface area contributed by atoms with Crippen LogP contribution in [0.1, 0.15) is 35.7 Å². The first-order valence-corrected chi connectivity index (χ1v) is 11.5. The normalized spacial score (nSPS) is 13.3. The molecule has 4 aromatic rings. The smallest absolute Gasteiger partial charge is 0.293 e. The molecule has 3 aromatic carbocycles. The van der Waals surface area contributed by atoms with Crippen LogP contribution in [0.25, 0.3) is 22.6 Å². The van der Waals surface area contributed by atoms with E-state index >= 15 is 0 Å². The van der Waals surface area contributed by atoms with Crippen LogP contribution in [-0.4, -0.2) is 34.0 Å². The molecule has 0 aliphatic carbocycles. The summed E-state index contributed by atoms with van der Waals surface area (Å²) in [6.45, 7) is 3.57. The summed E-state index contributed by atoms with van der Waals surface area (Å²) in [7, 11) is 0.